The second-order valence-corrected chi connectivity index (χ2v) is 8.53. The van der Waals surface area contributed by atoms with Gasteiger partial charge < -0.3 is 14.4 Å². The minimum absolute atomic E-state index is 0.0979. The van der Waals surface area contributed by atoms with E-state index in [9.17, 15) is 4.79 Å². The van der Waals surface area contributed by atoms with Gasteiger partial charge in [0.25, 0.3) is 5.56 Å². The Morgan fingerprint density at radius 1 is 1.13 bits per heavy atom. The molecule has 0 spiro atoms. The highest BCUT2D eigenvalue weighted by Gasteiger charge is 2.15. The third kappa shape index (κ3) is 3.50. The Bertz CT molecular complexity index is 1260. The molecule has 0 atom stereocenters. The molecule has 0 unspecified atom stereocenters. The van der Waals surface area contributed by atoms with Crippen molar-refractivity contribution in [2.45, 2.75) is 25.7 Å². The molecule has 4 heterocycles. The number of rotatable bonds is 6. The second kappa shape index (κ2) is 8.20. The van der Waals surface area contributed by atoms with Gasteiger partial charge in [-0.25, -0.2) is 14.4 Å². The summed E-state index contributed by atoms with van der Waals surface area (Å²) in [5.41, 5.74) is 1.90. The predicted molar refractivity (Wildman–Crippen MR) is 119 cm³/mol. The third-order valence-corrected chi connectivity index (χ3v) is 6.56. The number of aromatic nitrogens is 3. The zero-order valence-electron chi connectivity index (χ0n) is 17.0. The van der Waals surface area contributed by atoms with Crippen LogP contribution in [-0.2, 0) is 0 Å². The standard InChI is InChI=1S/C22H24N4O3S/c1-28-18-13-17-15(12-19(18)29-10-5-9-25-7-3-2-4-8-25)21-24-16-6-11-30-20(16)22(27)26(21)14-23-17/h6,11-14H,2-5,7-10H2,1H3. The summed E-state index contributed by atoms with van der Waals surface area (Å²) in [4.78, 5) is 24.5. The average molecular weight is 425 g/mol. The van der Waals surface area contributed by atoms with Crippen LogP contribution < -0.4 is 15.0 Å². The third-order valence-electron chi connectivity index (χ3n) is 5.67. The van der Waals surface area contributed by atoms with E-state index in [1.54, 1.807) is 7.11 Å². The molecule has 4 aromatic rings. The van der Waals surface area contributed by atoms with Gasteiger partial charge in [0.1, 0.15) is 11.0 Å². The Labute approximate surface area is 177 Å². The minimum Gasteiger partial charge on any atom is -0.493 e. The van der Waals surface area contributed by atoms with Gasteiger partial charge in [0.2, 0.25) is 0 Å². The van der Waals surface area contributed by atoms with Crippen LogP contribution in [0.2, 0.25) is 0 Å². The smallest absolute Gasteiger partial charge is 0.277 e. The van der Waals surface area contributed by atoms with Crippen molar-refractivity contribution in [2.75, 3.05) is 33.4 Å². The maximum atomic E-state index is 12.8. The highest BCUT2D eigenvalue weighted by atomic mass is 32.1. The van der Waals surface area contributed by atoms with Gasteiger partial charge in [-0.2, -0.15) is 0 Å². The predicted octanol–water partition coefficient (Wildman–Crippen LogP) is 3.72. The Kier molecular flexibility index (Phi) is 5.26. The fourth-order valence-electron chi connectivity index (χ4n) is 4.10. The largest absolute Gasteiger partial charge is 0.493 e. The van der Waals surface area contributed by atoms with Gasteiger partial charge in [-0.15, -0.1) is 11.3 Å². The molecule has 0 bridgehead atoms. The summed E-state index contributed by atoms with van der Waals surface area (Å²) in [6.07, 6.45) is 6.43. The molecule has 1 aromatic carbocycles. The van der Waals surface area contributed by atoms with Gasteiger partial charge in [-0.3, -0.25) is 4.79 Å². The van der Waals surface area contributed by atoms with Gasteiger partial charge >= 0.3 is 0 Å². The van der Waals surface area contributed by atoms with E-state index in [-0.39, 0.29) is 5.56 Å². The van der Waals surface area contributed by atoms with Gasteiger partial charge in [0.05, 0.1) is 24.8 Å². The number of nitrogens with zero attached hydrogens (tertiary/aromatic N) is 4. The number of thiophene rings is 1. The zero-order chi connectivity index (χ0) is 20.5. The molecule has 0 saturated carbocycles. The first-order valence-electron chi connectivity index (χ1n) is 10.4. The second-order valence-electron chi connectivity index (χ2n) is 7.61. The topological polar surface area (TPSA) is 69.0 Å². The number of fused-ring (bicyclic) bond motifs is 4. The lowest BCUT2D eigenvalue weighted by Crippen LogP contribution is -2.31. The van der Waals surface area contributed by atoms with Crippen molar-refractivity contribution in [1.82, 2.24) is 19.3 Å². The van der Waals surface area contributed by atoms with E-state index in [1.165, 1.54) is 54.4 Å². The van der Waals surface area contributed by atoms with E-state index in [2.05, 4.69) is 9.88 Å². The van der Waals surface area contributed by atoms with E-state index in [1.807, 2.05) is 23.6 Å². The summed E-state index contributed by atoms with van der Waals surface area (Å²) in [7, 11) is 1.63. The van der Waals surface area contributed by atoms with Gasteiger partial charge in [0, 0.05) is 18.0 Å². The first-order chi connectivity index (χ1) is 14.7. The fraction of sp³-hybridized carbons (Fsp3) is 0.409. The molecule has 30 heavy (non-hydrogen) atoms. The molecule has 0 radical (unpaired) electrons. The molecule has 0 amide bonds. The van der Waals surface area contributed by atoms with Crippen LogP contribution in [0, 0.1) is 0 Å². The molecule has 1 fully saturated rings. The zero-order valence-corrected chi connectivity index (χ0v) is 17.8. The minimum atomic E-state index is -0.0979. The van der Waals surface area contributed by atoms with Crippen LogP contribution in [-0.4, -0.2) is 52.6 Å². The maximum Gasteiger partial charge on any atom is 0.277 e. The first-order valence-corrected chi connectivity index (χ1v) is 11.2. The Morgan fingerprint density at radius 3 is 2.83 bits per heavy atom. The molecule has 0 N–H and O–H groups in total. The molecule has 5 rings (SSSR count). The van der Waals surface area contributed by atoms with Crippen molar-refractivity contribution in [3.63, 3.8) is 0 Å². The number of ether oxygens (including phenoxy) is 2. The molecule has 7 nitrogen and oxygen atoms in total. The van der Waals surface area contributed by atoms with Crippen molar-refractivity contribution in [2.24, 2.45) is 0 Å². The number of hydrogen-bond donors (Lipinski definition) is 0. The van der Waals surface area contributed by atoms with E-state index in [0.717, 1.165) is 18.4 Å². The monoisotopic (exact) mass is 424 g/mol. The SMILES string of the molecule is COc1cc2ncn3c(=O)c4sccc4nc3c2cc1OCCCN1CCCCC1. The molecule has 0 aliphatic carbocycles. The van der Waals surface area contributed by atoms with E-state index in [0.29, 0.717) is 39.5 Å². The number of likely N-dealkylation sites (tertiary alicyclic amines) is 1. The molecule has 1 saturated heterocycles. The Balaban J connectivity index is 1.47. The fourth-order valence-corrected chi connectivity index (χ4v) is 4.87. The van der Waals surface area contributed by atoms with Gasteiger partial charge in [-0.1, -0.05) is 6.42 Å². The number of hydrogen-bond acceptors (Lipinski definition) is 7. The lowest BCUT2D eigenvalue weighted by Gasteiger charge is -2.26. The van der Waals surface area contributed by atoms with E-state index >= 15 is 0 Å². The average Bonchev–Trinajstić information content (AvgIpc) is 3.26. The first kappa shape index (κ1) is 19.3. The molecule has 156 valence electrons. The summed E-state index contributed by atoms with van der Waals surface area (Å²) in [6, 6.07) is 5.61. The Morgan fingerprint density at radius 2 is 2.00 bits per heavy atom. The van der Waals surface area contributed by atoms with Crippen LogP contribution in [0.25, 0.3) is 26.8 Å². The molecule has 1 aliphatic rings. The summed E-state index contributed by atoms with van der Waals surface area (Å²) < 4.78 is 13.8. The van der Waals surface area contributed by atoms with Gasteiger partial charge in [-0.05, 0) is 49.9 Å². The molecular formula is C22H24N4O3S. The molecular weight excluding hydrogens is 400 g/mol. The summed E-state index contributed by atoms with van der Waals surface area (Å²) >= 11 is 1.40. The molecule has 1 aliphatic heterocycles. The summed E-state index contributed by atoms with van der Waals surface area (Å²) in [6.45, 7) is 4.04. The number of methoxy groups -OCH3 is 1. The van der Waals surface area contributed by atoms with E-state index < -0.39 is 0 Å². The Hall–Kier alpha value is -2.71. The quantitative estimate of drug-likeness (QED) is 0.347. The lowest BCUT2D eigenvalue weighted by molar-refractivity contribution is 0.203. The van der Waals surface area contributed by atoms with Crippen LogP contribution in [0.3, 0.4) is 0 Å². The van der Waals surface area contributed by atoms with Crippen molar-refractivity contribution in [3.8, 4) is 11.5 Å². The van der Waals surface area contributed by atoms with Crippen LogP contribution in [0.15, 0.2) is 34.7 Å². The number of benzene rings is 1. The number of piperidine rings is 1. The normalized spacial score (nSPS) is 15.2. The highest BCUT2D eigenvalue weighted by molar-refractivity contribution is 7.17. The van der Waals surface area contributed by atoms with Crippen LogP contribution in [0.4, 0.5) is 0 Å². The highest BCUT2D eigenvalue weighted by Crippen LogP contribution is 2.33. The van der Waals surface area contributed by atoms with Gasteiger partial charge in [0.15, 0.2) is 17.1 Å². The van der Waals surface area contributed by atoms with Crippen LogP contribution in [0.1, 0.15) is 25.7 Å². The summed E-state index contributed by atoms with van der Waals surface area (Å²) in [5.74, 6) is 1.29. The lowest BCUT2D eigenvalue weighted by atomic mass is 10.1. The maximum absolute atomic E-state index is 12.8. The van der Waals surface area contributed by atoms with Crippen molar-refractivity contribution < 1.29 is 9.47 Å². The van der Waals surface area contributed by atoms with E-state index in [4.69, 9.17) is 14.5 Å². The van der Waals surface area contributed by atoms with Crippen LogP contribution >= 0.6 is 11.3 Å². The molecule has 8 heteroatoms. The molecule has 3 aromatic heterocycles. The van der Waals surface area contributed by atoms with Crippen molar-refractivity contribution in [1.29, 1.82) is 0 Å². The summed E-state index contributed by atoms with van der Waals surface area (Å²) in [5, 5.41) is 2.66. The van der Waals surface area contributed by atoms with Crippen LogP contribution in [0.5, 0.6) is 11.5 Å². The van der Waals surface area contributed by atoms with Crippen molar-refractivity contribution >= 4 is 38.1 Å². The van der Waals surface area contributed by atoms with Crippen molar-refractivity contribution in [3.05, 3.63) is 40.3 Å².